The van der Waals surface area contributed by atoms with E-state index in [0.29, 0.717) is 24.2 Å². The Balaban J connectivity index is 1.65. The van der Waals surface area contributed by atoms with Crippen molar-refractivity contribution in [2.24, 2.45) is 34.5 Å². The summed E-state index contributed by atoms with van der Waals surface area (Å²) in [5.41, 5.74) is -0.301. The molecule has 0 aromatic rings. The van der Waals surface area contributed by atoms with Gasteiger partial charge in [0.25, 0.3) is 0 Å². The number of carbonyl (C=O) groups is 3. The lowest BCUT2D eigenvalue weighted by Crippen LogP contribution is -2.63. The van der Waals surface area contributed by atoms with Crippen molar-refractivity contribution >= 4 is 18.0 Å². The molecule has 4 fully saturated rings. The van der Waals surface area contributed by atoms with Gasteiger partial charge in [0.2, 0.25) is 5.91 Å². The first kappa shape index (κ1) is 17.8. The number of amides is 2. The average Bonchev–Trinajstić information content (AvgIpc) is 2.92. The highest BCUT2D eigenvalue weighted by Crippen LogP contribution is 2.66. The highest BCUT2D eigenvalue weighted by atomic mass is 16.4. The van der Waals surface area contributed by atoms with Crippen LogP contribution in [0.1, 0.15) is 65.2 Å². The van der Waals surface area contributed by atoms with Gasteiger partial charge in [0.1, 0.15) is 0 Å². The van der Waals surface area contributed by atoms with E-state index in [-0.39, 0.29) is 28.7 Å². The lowest BCUT2D eigenvalue weighted by molar-refractivity contribution is -0.161. The predicted molar refractivity (Wildman–Crippen MR) is 93.4 cm³/mol. The Labute approximate surface area is 153 Å². The minimum absolute atomic E-state index is 0.132. The first-order valence-electron chi connectivity index (χ1n) is 9.98. The van der Waals surface area contributed by atoms with Crippen molar-refractivity contribution in [2.45, 2.75) is 71.3 Å². The average molecular weight is 363 g/mol. The van der Waals surface area contributed by atoms with Crippen molar-refractivity contribution in [3.63, 3.8) is 0 Å². The molecule has 0 radical (unpaired) electrons. The predicted octanol–water partition coefficient (Wildman–Crippen LogP) is 3.60. The number of fused-ring (bicyclic) bond motifs is 5. The Morgan fingerprint density at radius 2 is 1.65 bits per heavy atom. The van der Waals surface area contributed by atoms with Crippen molar-refractivity contribution < 1.29 is 24.6 Å². The van der Waals surface area contributed by atoms with Gasteiger partial charge in [-0.05, 0) is 73.5 Å². The summed E-state index contributed by atoms with van der Waals surface area (Å²) in [7, 11) is 0. The summed E-state index contributed by atoms with van der Waals surface area (Å²) in [5.74, 6) is 0.100. The summed E-state index contributed by atoms with van der Waals surface area (Å²) < 4.78 is 0. The topological polar surface area (TPSA) is 94.9 Å². The zero-order valence-electron chi connectivity index (χ0n) is 15.6. The summed E-state index contributed by atoms with van der Waals surface area (Å²) in [6, 6.07) is -0.219. The maximum atomic E-state index is 12.2. The van der Waals surface area contributed by atoms with Gasteiger partial charge in [-0.15, -0.1) is 0 Å². The van der Waals surface area contributed by atoms with Gasteiger partial charge in [0.05, 0.1) is 5.92 Å². The van der Waals surface area contributed by atoms with Gasteiger partial charge in [-0.1, -0.05) is 13.8 Å². The number of carboxylic acids is 1. The smallest absolute Gasteiger partial charge is 0.414 e. The van der Waals surface area contributed by atoms with Crippen LogP contribution in [0.3, 0.4) is 0 Å². The molecule has 144 valence electrons. The molecule has 6 nitrogen and oxygen atoms in total. The van der Waals surface area contributed by atoms with Gasteiger partial charge >= 0.3 is 12.1 Å². The Morgan fingerprint density at radius 3 is 2.31 bits per heavy atom. The van der Waals surface area contributed by atoms with Crippen LogP contribution < -0.4 is 0 Å². The van der Waals surface area contributed by atoms with Gasteiger partial charge in [0.15, 0.2) is 0 Å². The molecule has 1 aliphatic heterocycles. The van der Waals surface area contributed by atoms with Crippen LogP contribution in [-0.4, -0.2) is 39.1 Å². The molecule has 7 atom stereocenters. The van der Waals surface area contributed by atoms with Crippen molar-refractivity contribution in [3.8, 4) is 0 Å². The number of likely N-dealkylation sites (tertiary alicyclic amines) is 1. The maximum absolute atomic E-state index is 12.2. The lowest BCUT2D eigenvalue weighted by atomic mass is 9.47. The molecule has 0 spiro atoms. The molecule has 3 saturated carbocycles. The molecular weight excluding hydrogens is 334 g/mol. The monoisotopic (exact) mass is 363 g/mol. The van der Waals surface area contributed by atoms with Crippen LogP contribution in [0.25, 0.3) is 0 Å². The summed E-state index contributed by atoms with van der Waals surface area (Å²) >= 11 is 0. The minimum Gasteiger partial charge on any atom is -0.481 e. The molecule has 2 unspecified atom stereocenters. The van der Waals surface area contributed by atoms with Gasteiger partial charge in [-0.25, -0.2) is 9.69 Å². The fraction of sp³-hybridized carbons (Fsp3) is 0.850. The molecule has 2 N–H and O–H groups in total. The summed E-state index contributed by atoms with van der Waals surface area (Å²) in [6.45, 7) is 4.35. The highest BCUT2D eigenvalue weighted by molar-refractivity contribution is 5.92. The number of hydrogen-bond donors (Lipinski definition) is 2. The molecule has 1 saturated heterocycles. The summed E-state index contributed by atoms with van der Waals surface area (Å²) in [4.78, 5) is 36.8. The van der Waals surface area contributed by atoms with Gasteiger partial charge in [-0.3, -0.25) is 9.59 Å². The standard InChI is InChI=1S/C20H29NO5/c1-19-9-7-13-11(12(19)4-5-14(19)17(23)24)3-6-15-20(13,2)10-8-16(22)21(15)18(25)26/h11-15H,3-10H2,1-2H3,(H,23,24)(H,25,26)/t11-,12-,13+,14?,15?,19-,20+/m0/s1. The number of aliphatic carboxylic acids is 1. The van der Waals surface area contributed by atoms with Gasteiger partial charge in [-0.2, -0.15) is 0 Å². The Hall–Kier alpha value is -1.59. The van der Waals surface area contributed by atoms with Crippen molar-refractivity contribution in [1.29, 1.82) is 0 Å². The fourth-order valence-corrected chi connectivity index (χ4v) is 7.53. The Bertz CT molecular complexity index is 663. The summed E-state index contributed by atoms with van der Waals surface area (Å²) in [6.07, 6.45) is 5.17. The first-order valence-corrected chi connectivity index (χ1v) is 9.98. The lowest BCUT2D eigenvalue weighted by Gasteiger charge is -2.61. The second-order valence-corrected chi connectivity index (χ2v) is 9.53. The molecule has 3 aliphatic carbocycles. The second-order valence-electron chi connectivity index (χ2n) is 9.53. The van der Waals surface area contributed by atoms with E-state index in [1.165, 1.54) is 0 Å². The second kappa shape index (κ2) is 5.70. The number of imide groups is 1. The minimum atomic E-state index is -1.11. The quantitative estimate of drug-likeness (QED) is 0.742. The highest BCUT2D eigenvalue weighted by Gasteiger charge is 2.63. The van der Waals surface area contributed by atoms with Gasteiger partial charge in [0, 0.05) is 12.5 Å². The molecule has 4 aliphatic rings. The largest absolute Gasteiger partial charge is 0.481 e. The van der Waals surface area contributed by atoms with Crippen LogP contribution >= 0.6 is 0 Å². The number of carboxylic acid groups (broad SMARTS) is 2. The van der Waals surface area contributed by atoms with E-state index in [2.05, 4.69) is 13.8 Å². The SMILES string of the molecule is C[C@]12CCC(=O)N(C(=O)O)C1CC[C@@H]1[C@H]2CC[C@]2(C)C(C(=O)O)CC[C@@H]12. The number of nitrogens with zero attached hydrogens (tertiary/aromatic N) is 1. The molecular formula is C20H29NO5. The number of piperidine rings is 1. The first-order chi connectivity index (χ1) is 12.2. The zero-order valence-corrected chi connectivity index (χ0v) is 15.6. The van der Waals surface area contributed by atoms with E-state index >= 15 is 0 Å². The van der Waals surface area contributed by atoms with Crippen LogP contribution in [-0.2, 0) is 9.59 Å². The van der Waals surface area contributed by atoms with Crippen molar-refractivity contribution in [2.75, 3.05) is 0 Å². The van der Waals surface area contributed by atoms with Crippen LogP contribution in [0.15, 0.2) is 0 Å². The third kappa shape index (κ3) is 2.20. The third-order valence-corrected chi connectivity index (χ3v) is 8.78. The Kier molecular flexibility index (Phi) is 3.90. The number of carbonyl (C=O) groups excluding carboxylic acids is 1. The van der Waals surface area contributed by atoms with Gasteiger partial charge < -0.3 is 10.2 Å². The van der Waals surface area contributed by atoms with E-state index in [1.54, 1.807) is 0 Å². The molecule has 0 aromatic carbocycles. The van der Waals surface area contributed by atoms with Crippen molar-refractivity contribution in [1.82, 2.24) is 4.90 Å². The van der Waals surface area contributed by atoms with Crippen LogP contribution in [0.4, 0.5) is 4.79 Å². The fourth-order valence-electron chi connectivity index (χ4n) is 7.53. The molecule has 1 heterocycles. The van der Waals surface area contributed by atoms with Crippen LogP contribution in [0.2, 0.25) is 0 Å². The molecule has 2 amide bonds. The third-order valence-electron chi connectivity index (χ3n) is 8.78. The normalized spacial score (nSPS) is 47.7. The van der Waals surface area contributed by atoms with Crippen LogP contribution in [0, 0.1) is 34.5 Å². The molecule has 0 aromatic heterocycles. The molecule has 6 heteroatoms. The zero-order chi connectivity index (χ0) is 18.9. The maximum Gasteiger partial charge on any atom is 0.414 e. The van der Waals surface area contributed by atoms with E-state index in [1.807, 2.05) is 0 Å². The molecule has 26 heavy (non-hydrogen) atoms. The van der Waals surface area contributed by atoms with E-state index in [0.717, 1.165) is 49.8 Å². The van der Waals surface area contributed by atoms with Crippen LogP contribution in [0.5, 0.6) is 0 Å². The van der Waals surface area contributed by atoms with E-state index < -0.39 is 12.1 Å². The number of hydrogen-bond acceptors (Lipinski definition) is 3. The summed E-state index contributed by atoms with van der Waals surface area (Å²) in [5, 5.41) is 19.3. The number of rotatable bonds is 1. The molecule has 4 rings (SSSR count). The molecule has 0 bridgehead atoms. The van der Waals surface area contributed by atoms with E-state index in [4.69, 9.17) is 0 Å². The van der Waals surface area contributed by atoms with E-state index in [9.17, 15) is 24.6 Å². The van der Waals surface area contributed by atoms with Crippen molar-refractivity contribution in [3.05, 3.63) is 0 Å². The Morgan fingerprint density at radius 1 is 0.962 bits per heavy atom.